The van der Waals surface area contributed by atoms with Crippen LogP contribution in [0.4, 0.5) is 0 Å². The predicted octanol–water partition coefficient (Wildman–Crippen LogP) is 13.7. The quantitative estimate of drug-likeness (QED) is 0.0213. The van der Waals surface area contributed by atoms with Gasteiger partial charge in [-0.1, -0.05) is 159 Å². The van der Waals surface area contributed by atoms with Crippen molar-refractivity contribution in [3.05, 3.63) is 36.5 Å². The molecular formula is C48H91NO8P+. The van der Waals surface area contributed by atoms with E-state index in [2.05, 4.69) is 50.3 Å². The van der Waals surface area contributed by atoms with Crippen molar-refractivity contribution in [1.29, 1.82) is 0 Å². The molecule has 0 radical (unpaired) electrons. The Morgan fingerprint density at radius 1 is 0.534 bits per heavy atom. The van der Waals surface area contributed by atoms with Gasteiger partial charge in [0.25, 0.3) is 0 Å². The fourth-order valence-electron chi connectivity index (χ4n) is 6.39. The van der Waals surface area contributed by atoms with Crippen LogP contribution in [0.15, 0.2) is 36.5 Å². The van der Waals surface area contributed by atoms with Crippen LogP contribution in [0.1, 0.15) is 206 Å². The van der Waals surface area contributed by atoms with E-state index in [1.54, 1.807) is 0 Å². The highest BCUT2D eigenvalue weighted by molar-refractivity contribution is 7.47. The summed E-state index contributed by atoms with van der Waals surface area (Å²) in [7, 11) is 1.46. The van der Waals surface area contributed by atoms with Gasteiger partial charge in [-0.15, -0.1) is 0 Å². The second-order valence-electron chi connectivity index (χ2n) is 17.1. The smallest absolute Gasteiger partial charge is 0.462 e. The van der Waals surface area contributed by atoms with Crippen molar-refractivity contribution in [1.82, 2.24) is 0 Å². The molecule has 0 aliphatic heterocycles. The minimum atomic E-state index is -4.38. The highest BCUT2D eigenvalue weighted by Gasteiger charge is 2.27. The number of allylic oxidation sites excluding steroid dienone is 6. The van der Waals surface area contributed by atoms with E-state index in [4.69, 9.17) is 18.5 Å². The number of phosphoric acid groups is 1. The molecule has 0 aliphatic rings. The molecule has 0 rings (SSSR count). The Bertz CT molecular complexity index is 1090. The third-order valence-corrected chi connectivity index (χ3v) is 11.1. The molecule has 0 aromatic heterocycles. The maximum Gasteiger partial charge on any atom is 0.472 e. The Hall–Kier alpha value is -1.77. The Balaban J connectivity index is 4.33. The molecule has 0 saturated heterocycles. The van der Waals surface area contributed by atoms with Gasteiger partial charge in [-0.05, 0) is 70.6 Å². The van der Waals surface area contributed by atoms with Crippen molar-refractivity contribution in [3.8, 4) is 0 Å². The lowest BCUT2D eigenvalue weighted by Gasteiger charge is -2.24. The first-order chi connectivity index (χ1) is 28.0. The number of phosphoric ester groups is 1. The second kappa shape index (κ2) is 40.6. The van der Waals surface area contributed by atoms with E-state index in [9.17, 15) is 19.0 Å². The van der Waals surface area contributed by atoms with Gasteiger partial charge in [0.05, 0.1) is 27.7 Å². The average molecular weight is 841 g/mol. The van der Waals surface area contributed by atoms with Gasteiger partial charge >= 0.3 is 19.8 Å². The number of esters is 2. The number of quaternary nitrogens is 1. The third-order valence-electron chi connectivity index (χ3n) is 10.1. The Labute approximate surface area is 357 Å². The van der Waals surface area contributed by atoms with Gasteiger partial charge in [0.1, 0.15) is 19.8 Å². The van der Waals surface area contributed by atoms with E-state index in [-0.39, 0.29) is 32.0 Å². The molecule has 0 aliphatic carbocycles. The maximum atomic E-state index is 12.7. The summed E-state index contributed by atoms with van der Waals surface area (Å²) in [6.07, 6.45) is 46.2. The first-order valence-corrected chi connectivity index (χ1v) is 25.2. The molecule has 58 heavy (non-hydrogen) atoms. The molecule has 0 aromatic carbocycles. The fourth-order valence-corrected chi connectivity index (χ4v) is 7.13. The van der Waals surface area contributed by atoms with E-state index < -0.39 is 26.5 Å². The largest absolute Gasteiger partial charge is 0.472 e. The second-order valence-corrected chi connectivity index (χ2v) is 18.6. The molecule has 0 fully saturated rings. The topological polar surface area (TPSA) is 108 Å². The zero-order valence-electron chi connectivity index (χ0n) is 38.3. The van der Waals surface area contributed by atoms with E-state index in [1.807, 2.05) is 21.1 Å². The molecule has 0 amide bonds. The molecule has 1 unspecified atom stereocenters. The van der Waals surface area contributed by atoms with Crippen LogP contribution < -0.4 is 0 Å². The van der Waals surface area contributed by atoms with Gasteiger partial charge in [-0.25, -0.2) is 4.57 Å². The van der Waals surface area contributed by atoms with Crippen molar-refractivity contribution in [2.45, 2.75) is 213 Å². The van der Waals surface area contributed by atoms with Crippen LogP contribution in [-0.4, -0.2) is 74.9 Å². The molecule has 0 saturated carbocycles. The highest BCUT2D eigenvalue weighted by Crippen LogP contribution is 2.43. The normalized spacial score (nSPS) is 13.8. The van der Waals surface area contributed by atoms with Crippen molar-refractivity contribution in [2.24, 2.45) is 0 Å². The number of hydrogen-bond acceptors (Lipinski definition) is 7. The van der Waals surface area contributed by atoms with Gasteiger partial charge in [-0.3, -0.25) is 18.6 Å². The summed E-state index contributed by atoms with van der Waals surface area (Å²) < 4.78 is 34.3. The van der Waals surface area contributed by atoms with E-state index in [1.165, 1.54) is 128 Å². The summed E-state index contributed by atoms with van der Waals surface area (Å²) in [6, 6.07) is 0. The number of likely N-dealkylation sites (N-methyl/N-ethyl adjacent to an activating group) is 1. The lowest BCUT2D eigenvalue weighted by Crippen LogP contribution is -2.37. The van der Waals surface area contributed by atoms with Crippen LogP contribution in [0.25, 0.3) is 0 Å². The average Bonchev–Trinajstić information content (AvgIpc) is 3.17. The summed E-state index contributed by atoms with van der Waals surface area (Å²) in [5.41, 5.74) is 0. The molecule has 0 spiro atoms. The van der Waals surface area contributed by atoms with Crippen molar-refractivity contribution < 1.29 is 42.1 Å². The van der Waals surface area contributed by atoms with Gasteiger partial charge in [-0.2, -0.15) is 0 Å². The SMILES string of the molecule is CCCCCCCC/C=C/C/C=C/CCCCC(=O)O[C@H](COC(=O)CCCCCCCCCCC/C=C/CCCCCCCC)COP(=O)(O)OCC[N+](C)(C)C. The molecule has 340 valence electrons. The summed E-state index contributed by atoms with van der Waals surface area (Å²) in [4.78, 5) is 35.4. The van der Waals surface area contributed by atoms with Gasteiger partial charge < -0.3 is 18.9 Å². The Kier molecular flexibility index (Phi) is 39.4. The summed E-state index contributed by atoms with van der Waals surface area (Å²) in [5, 5.41) is 0. The van der Waals surface area contributed by atoms with Crippen LogP contribution in [-0.2, 0) is 32.7 Å². The van der Waals surface area contributed by atoms with Crippen LogP contribution >= 0.6 is 7.82 Å². The minimum Gasteiger partial charge on any atom is -0.462 e. The zero-order valence-corrected chi connectivity index (χ0v) is 39.2. The van der Waals surface area contributed by atoms with Crippen LogP contribution in [0.2, 0.25) is 0 Å². The Morgan fingerprint density at radius 2 is 0.931 bits per heavy atom. The first-order valence-electron chi connectivity index (χ1n) is 23.7. The van der Waals surface area contributed by atoms with E-state index in [0.717, 1.165) is 44.9 Å². The monoisotopic (exact) mass is 841 g/mol. The molecule has 0 heterocycles. The number of rotatable bonds is 43. The van der Waals surface area contributed by atoms with Crippen molar-refractivity contribution in [3.63, 3.8) is 0 Å². The lowest BCUT2D eigenvalue weighted by atomic mass is 10.1. The first kappa shape index (κ1) is 56.2. The van der Waals surface area contributed by atoms with Gasteiger partial charge in [0.2, 0.25) is 0 Å². The number of carbonyl (C=O) groups is 2. The molecule has 1 N–H and O–H groups in total. The van der Waals surface area contributed by atoms with Crippen molar-refractivity contribution >= 4 is 19.8 Å². The standard InChI is InChI=1S/C48H90NO8P/c1-6-8-10-12-14-16-18-20-22-23-24-25-27-28-30-32-34-36-38-40-47(50)54-44-46(45-56-58(52,53)55-43-42-49(3,4)5)57-48(51)41-39-37-35-33-31-29-26-21-19-17-15-13-11-9-7-2/h20-22,26,31,33,46H,6-19,23-25,27-30,32,34-45H2,1-5H3/p+1/b22-20+,26-21+,33-31+/t46-/m1/s1. The molecule has 2 atom stereocenters. The minimum absolute atomic E-state index is 0.0257. The number of ether oxygens (including phenoxy) is 2. The molecule has 9 nitrogen and oxygen atoms in total. The van der Waals surface area contributed by atoms with Gasteiger partial charge in [0, 0.05) is 12.8 Å². The number of hydrogen-bond donors (Lipinski definition) is 1. The predicted molar refractivity (Wildman–Crippen MR) is 243 cm³/mol. The highest BCUT2D eigenvalue weighted by atomic mass is 31.2. The molecule has 10 heteroatoms. The van der Waals surface area contributed by atoms with Crippen LogP contribution in [0, 0.1) is 0 Å². The third kappa shape index (κ3) is 43.8. The summed E-state index contributed by atoms with van der Waals surface area (Å²) in [5.74, 6) is -0.835. The summed E-state index contributed by atoms with van der Waals surface area (Å²) in [6.45, 7) is 4.38. The van der Waals surface area contributed by atoms with Gasteiger partial charge in [0.15, 0.2) is 6.10 Å². The van der Waals surface area contributed by atoms with Crippen LogP contribution in [0.5, 0.6) is 0 Å². The fraction of sp³-hybridized carbons (Fsp3) is 0.833. The Morgan fingerprint density at radius 3 is 1.41 bits per heavy atom. The lowest BCUT2D eigenvalue weighted by molar-refractivity contribution is -0.870. The number of carbonyl (C=O) groups excluding carboxylic acids is 2. The maximum absolute atomic E-state index is 12.7. The van der Waals surface area contributed by atoms with E-state index >= 15 is 0 Å². The molecule has 0 bridgehead atoms. The number of unbranched alkanes of at least 4 members (excludes halogenated alkanes) is 23. The van der Waals surface area contributed by atoms with E-state index in [0.29, 0.717) is 17.4 Å². The van der Waals surface area contributed by atoms with Crippen LogP contribution in [0.3, 0.4) is 0 Å². The van der Waals surface area contributed by atoms with Crippen molar-refractivity contribution in [2.75, 3.05) is 47.5 Å². The summed E-state index contributed by atoms with van der Waals surface area (Å²) >= 11 is 0. The molecular weight excluding hydrogens is 750 g/mol. The zero-order chi connectivity index (χ0) is 42.8. The number of nitrogens with zero attached hydrogens (tertiary/aromatic N) is 1. The molecule has 0 aromatic rings.